The van der Waals surface area contributed by atoms with Gasteiger partial charge in [0.05, 0.1) is 11.7 Å². The van der Waals surface area contributed by atoms with Crippen molar-refractivity contribution in [1.29, 1.82) is 0 Å². The average molecular weight is 321 g/mol. The number of nitrogens with zero attached hydrogens (tertiary/aromatic N) is 2. The van der Waals surface area contributed by atoms with Crippen molar-refractivity contribution in [2.24, 2.45) is 5.92 Å². The molecule has 0 atom stereocenters. The quantitative estimate of drug-likeness (QED) is 0.795. The van der Waals surface area contributed by atoms with Crippen LogP contribution in [0.5, 0.6) is 0 Å². The Kier molecular flexibility index (Phi) is 3.97. The van der Waals surface area contributed by atoms with E-state index in [4.69, 9.17) is 0 Å². The van der Waals surface area contributed by atoms with Gasteiger partial charge in [-0.2, -0.15) is 0 Å². The van der Waals surface area contributed by atoms with Crippen LogP contribution in [-0.2, 0) is 11.2 Å². The van der Waals surface area contributed by atoms with Crippen molar-refractivity contribution in [3.8, 4) is 0 Å². The van der Waals surface area contributed by atoms with Crippen LogP contribution in [0.3, 0.4) is 0 Å². The summed E-state index contributed by atoms with van der Waals surface area (Å²) >= 11 is 0. The molecule has 4 nitrogen and oxygen atoms in total. The lowest BCUT2D eigenvalue weighted by Crippen LogP contribution is -2.38. The summed E-state index contributed by atoms with van der Waals surface area (Å²) in [6.07, 6.45) is 5.41. The van der Waals surface area contributed by atoms with Crippen molar-refractivity contribution in [2.75, 3.05) is 13.1 Å². The largest absolute Gasteiger partial charge is 0.353 e. The van der Waals surface area contributed by atoms with Gasteiger partial charge in [0.1, 0.15) is 0 Å². The molecule has 1 N–H and O–H groups in total. The number of carbonyl (C=O) groups excluding carboxylic acids is 1. The van der Waals surface area contributed by atoms with Crippen LogP contribution in [0, 0.1) is 5.92 Å². The number of carbonyl (C=O) groups is 1. The van der Waals surface area contributed by atoms with Crippen LogP contribution < -0.4 is 0 Å². The number of hydrogen-bond donors (Lipinski definition) is 1. The molecule has 0 spiro atoms. The number of aromatic nitrogens is 2. The van der Waals surface area contributed by atoms with Gasteiger partial charge in [-0.3, -0.25) is 9.78 Å². The number of aryl methyl sites for hydroxylation is 1. The van der Waals surface area contributed by atoms with E-state index in [1.54, 1.807) is 0 Å². The number of amides is 1. The number of aromatic amines is 1. The first kappa shape index (κ1) is 15.2. The lowest BCUT2D eigenvalue weighted by atomic mass is 9.99. The van der Waals surface area contributed by atoms with E-state index in [1.807, 2.05) is 17.2 Å². The van der Waals surface area contributed by atoms with Crippen LogP contribution >= 0.6 is 0 Å². The third-order valence-corrected chi connectivity index (χ3v) is 5.18. The van der Waals surface area contributed by atoms with E-state index in [2.05, 4.69) is 41.2 Å². The van der Waals surface area contributed by atoms with Crippen LogP contribution in [0.15, 0.2) is 36.5 Å². The zero-order valence-electron chi connectivity index (χ0n) is 14.1. The average Bonchev–Trinajstić information content (AvgIpc) is 2.98. The van der Waals surface area contributed by atoms with Gasteiger partial charge in [0.15, 0.2) is 0 Å². The maximum atomic E-state index is 12.4. The third kappa shape index (κ3) is 2.88. The maximum absolute atomic E-state index is 12.4. The van der Waals surface area contributed by atoms with Crippen LogP contribution in [0.2, 0.25) is 0 Å². The minimum Gasteiger partial charge on any atom is -0.353 e. The van der Waals surface area contributed by atoms with E-state index < -0.39 is 0 Å². The fraction of sp³-hybridized carbons (Fsp3) is 0.400. The number of H-pyrrole nitrogens is 1. The SMILES string of the molecule is CC1CCN(C(=O)CCc2cc3c(cn2)[nH]c2ccccc23)CC1. The molecule has 0 bridgehead atoms. The molecule has 1 aliphatic rings. The highest BCUT2D eigenvalue weighted by Crippen LogP contribution is 2.25. The molecule has 0 unspecified atom stereocenters. The van der Waals surface area contributed by atoms with Gasteiger partial charge >= 0.3 is 0 Å². The normalized spacial score (nSPS) is 16.1. The van der Waals surface area contributed by atoms with Crippen LogP contribution in [0.25, 0.3) is 21.8 Å². The Labute approximate surface area is 141 Å². The molecular formula is C20H23N3O. The minimum atomic E-state index is 0.266. The summed E-state index contributed by atoms with van der Waals surface area (Å²) < 4.78 is 0. The molecule has 4 heteroatoms. The molecule has 0 aliphatic carbocycles. The first-order valence-electron chi connectivity index (χ1n) is 8.84. The molecule has 1 aromatic carbocycles. The summed E-state index contributed by atoms with van der Waals surface area (Å²) in [6, 6.07) is 10.4. The predicted octanol–water partition coefficient (Wildman–Crippen LogP) is 3.91. The summed E-state index contributed by atoms with van der Waals surface area (Å²) in [5.41, 5.74) is 3.17. The molecule has 3 aromatic rings. The number of nitrogens with one attached hydrogen (secondary N) is 1. The summed E-state index contributed by atoms with van der Waals surface area (Å²) in [6.45, 7) is 4.09. The zero-order valence-corrected chi connectivity index (χ0v) is 14.1. The van der Waals surface area contributed by atoms with E-state index in [9.17, 15) is 4.79 Å². The number of piperidine rings is 1. The molecule has 124 valence electrons. The smallest absolute Gasteiger partial charge is 0.222 e. The summed E-state index contributed by atoms with van der Waals surface area (Å²) in [7, 11) is 0. The Morgan fingerprint density at radius 3 is 2.83 bits per heavy atom. The Morgan fingerprint density at radius 1 is 1.21 bits per heavy atom. The van der Waals surface area contributed by atoms with Crippen molar-refractivity contribution in [1.82, 2.24) is 14.9 Å². The van der Waals surface area contributed by atoms with E-state index in [0.29, 0.717) is 12.8 Å². The minimum absolute atomic E-state index is 0.266. The molecule has 1 fully saturated rings. The number of pyridine rings is 1. The molecule has 24 heavy (non-hydrogen) atoms. The van der Waals surface area contributed by atoms with Gasteiger partial charge in [-0.1, -0.05) is 25.1 Å². The Balaban J connectivity index is 1.48. The highest BCUT2D eigenvalue weighted by Gasteiger charge is 2.20. The fourth-order valence-corrected chi connectivity index (χ4v) is 3.58. The molecule has 2 aromatic heterocycles. The Morgan fingerprint density at radius 2 is 2.00 bits per heavy atom. The highest BCUT2D eigenvalue weighted by molar-refractivity contribution is 6.06. The molecule has 0 saturated carbocycles. The molecule has 4 rings (SSSR count). The van der Waals surface area contributed by atoms with Crippen LogP contribution in [0.1, 0.15) is 31.9 Å². The topological polar surface area (TPSA) is 49.0 Å². The van der Waals surface area contributed by atoms with Gasteiger partial charge in [0, 0.05) is 41.5 Å². The number of fused-ring (bicyclic) bond motifs is 3. The monoisotopic (exact) mass is 321 g/mol. The number of hydrogen-bond acceptors (Lipinski definition) is 2. The predicted molar refractivity (Wildman–Crippen MR) is 96.9 cm³/mol. The lowest BCUT2D eigenvalue weighted by molar-refractivity contribution is -0.132. The van der Waals surface area contributed by atoms with Gasteiger partial charge in [0.2, 0.25) is 5.91 Å². The molecule has 3 heterocycles. The summed E-state index contributed by atoms with van der Waals surface area (Å²) in [4.78, 5) is 22.3. The van der Waals surface area contributed by atoms with E-state index in [1.165, 1.54) is 10.8 Å². The first-order chi connectivity index (χ1) is 11.7. The summed E-state index contributed by atoms with van der Waals surface area (Å²) in [5, 5.41) is 2.40. The molecule has 0 radical (unpaired) electrons. The van der Waals surface area contributed by atoms with Gasteiger partial charge in [-0.15, -0.1) is 0 Å². The van der Waals surface area contributed by atoms with Crippen LogP contribution in [-0.4, -0.2) is 33.9 Å². The molecular weight excluding hydrogens is 298 g/mol. The van der Waals surface area contributed by atoms with Gasteiger partial charge in [-0.25, -0.2) is 0 Å². The van der Waals surface area contributed by atoms with Crippen molar-refractivity contribution >= 4 is 27.7 Å². The number of rotatable bonds is 3. The lowest BCUT2D eigenvalue weighted by Gasteiger charge is -2.30. The molecule has 1 aliphatic heterocycles. The highest BCUT2D eigenvalue weighted by atomic mass is 16.2. The van der Waals surface area contributed by atoms with E-state index in [-0.39, 0.29) is 5.91 Å². The molecule has 1 saturated heterocycles. The Hall–Kier alpha value is -2.36. The first-order valence-corrected chi connectivity index (χ1v) is 8.84. The van der Waals surface area contributed by atoms with Gasteiger partial charge in [0.25, 0.3) is 0 Å². The number of benzene rings is 1. The zero-order chi connectivity index (χ0) is 16.5. The summed E-state index contributed by atoms with van der Waals surface area (Å²) in [5.74, 6) is 1.02. The number of likely N-dealkylation sites (tertiary alicyclic amines) is 1. The fourth-order valence-electron chi connectivity index (χ4n) is 3.58. The van der Waals surface area contributed by atoms with Crippen molar-refractivity contribution < 1.29 is 4.79 Å². The second-order valence-corrected chi connectivity index (χ2v) is 6.96. The van der Waals surface area contributed by atoms with Crippen LogP contribution in [0.4, 0.5) is 0 Å². The number of para-hydroxylation sites is 1. The Bertz CT molecular complexity index is 875. The second kappa shape index (κ2) is 6.27. The van der Waals surface area contributed by atoms with Crippen molar-refractivity contribution in [2.45, 2.75) is 32.6 Å². The third-order valence-electron chi connectivity index (χ3n) is 5.18. The van der Waals surface area contributed by atoms with Gasteiger partial charge in [-0.05, 0) is 37.3 Å². The van der Waals surface area contributed by atoms with Gasteiger partial charge < -0.3 is 9.88 Å². The maximum Gasteiger partial charge on any atom is 0.222 e. The standard InChI is InChI=1S/C20H23N3O/c1-14-8-10-23(11-9-14)20(24)7-6-15-12-17-16-4-2-3-5-18(16)22-19(17)13-21-15/h2-5,12-14,22H,6-11H2,1H3. The van der Waals surface area contributed by atoms with Crippen molar-refractivity contribution in [3.63, 3.8) is 0 Å². The second-order valence-electron chi connectivity index (χ2n) is 6.96. The van der Waals surface area contributed by atoms with E-state index in [0.717, 1.165) is 48.6 Å². The van der Waals surface area contributed by atoms with Crippen molar-refractivity contribution in [3.05, 3.63) is 42.2 Å². The van der Waals surface area contributed by atoms with E-state index >= 15 is 0 Å². The molecule has 1 amide bonds.